The highest BCUT2D eigenvalue weighted by Crippen LogP contribution is 2.11. The van der Waals surface area contributed by atoms with Crippen LogP contribution in [-0.4, -0.2) is 40.8 Å². The van der Waals surface area contributed by atoms with Crippen molar-refractivity contribution in [3.63, 3.8) is 0 Å². The van der Waals surface area contributed by atoms with Crippen molar-refractivity contribution in [2.24, 2.45) is 0 Å². The number of amides is 2. The average molecular weight is 242 g/mol. The lowest BCUT2D eigenvalue weighted by Crippen LogP contribution is -2.30. The van der Waals surface area contributed by atoms with Crippen LogP contribution in [-0.2, 0) is 0 Å². The first-order valence-electron chi connectivity index (χ1n) is 7.01. The van der Waals surface area contributed by atoms with Gasteiger partial charge < -0.3 is 4.90 Å². The first-order valence-corrected chi connectivity index (χ1v) is 7.01. The number of nitrogens with zero attached hydrogens (tertiary/aromatic N) is 2. The van der Waals surface area contributed by atoms with Crippen LogP contribution >= 0.6 is 0 Å². The fourth-order valence-electron chi connectivity index (χ4n) is 2.21. The molecule has 0 unspecified atom stereocenters. The van der Waals surface area contributed by atoms with Crippen LogP contribution in [0.5, 0.6) is 0 Å². The van der Waals surface area contributed by atoms with E-state index in [2.05, 4.69) is 6.92 Å². The smallest absolute Gasteiger partial charge is 0.321 e. The Balaban J connectivity index is 1.89. The molecule has 0 saturated carbocycles. The Morgan fingerprint density at radius 1 is 1.00 bits per heavy atom. The highest BCUT2D eigenvalue weighted by Gasteiger charge is 2.26. The maximum atomic E-state index is 11.3. The molecule has 0 aliphatic carbocycles. The maximum absolute atomic E-state index is 11.3. The Morgan fingerprint density at radius 3 is 2.12 bits per heavy atom. The van der Waals surface area contributed by atoms with E-state index in [0.717, 1.165) is 18.0 Å². The van der Waals surface area contributed by atoms with Crippen molar-refractivity contribution >= 4 is 6.03 Å². The minimum Gasteiger partial charge on any atom is -0.321 e. The Bertz CT molecular complexity index is 221. The van der Waals surface area contributed by atoms with E-state index in [-0.39, 0.29) is 6.03 Å². The molecule has 1 saturated heterocycles. The summed E-state index contributed by atoms with van der Waals surface area (Å²) in [4.78, 5) is 13.1. The molecule has 1 aliphatic heterocycles. The van der Waals surface area contributed by atoms with Crippen LogP contribution in [0.25, 0.3) is 0 Å². The Morgan fingerprint density at radius 2 is 1.59 bits per heavy atom. The van der Waals surface area contributed by atoms with Crippen molar-refractivity contribution in [2.75, 3.05) is 19.6 Å². The molecule has 0 bridgehead atoms. The zero-order valence-corrected chi connectivity index (χ0v) is 11.0. The Kier molecular flexibility index (Phi) is 7.01. The standard InChI is InChI=1S/C13H26N2O2/c1-2-3-4-5-6-7-8-9-10-14-11-12-15(17)13(14)16/h17H,2-12H2,1H3. The number of urea groups is 1. The van der Waals surface area contributed by atoms with E-state index in [9.17, 15) is 4.79 Å². The summed E-state index contributed by atoms with van der Waals surface area (Å²) in [5.74, 6) is 0. The maximum Gasteiger partial charge on any atom is 0.343 e. The van der Waals surface area contributed by atoms with E-state index in [1.165, 1.54) is 44.9 Å². The summed E-state index contributed by atoms with van der Waals surface area (Å²) >= 11 is 0. The molecule has 2 amide bonds. The van der Waals surface area contributed by atoms with Gasteiger partial charge in [-0.25, -0.2) is 9.86 Å². The van der Waals surface area contributed by atoms with E-state index < -0.39 is 0 Å². The summed E-state index contributed by atoms with van der Waals surface area (Å²) in [6.45, 7) is 4.16. The molecule has 0 aromatic carbocycles. The summed E-state index contributed by atoms with van der Waals surface area (Å²) in [6.07, 6.45) is 10.2. The SMILES string of the molecule is CCCCCCCCCCN1CCN(O)C1=O. The van der Waals surface area contributed by atoms with Gasteiger partial charge in [-0.1, -0.05) is 51.9 Å². The molecule has 0 aromatic heterocycles. The quantitative estimate of drug-likeness (QED) is 0.498. The second kappa shape index (κ2) is 8.34. The Labute approximate surface area is 105 Å². The van der Waals surface area contributed by atoms with Gasteiger partial charge in [0.05, 0.1) is 6.54 Å². The van der Waals surface area contributed by atoms with Crippen molar-refractivity contribution in [3.05, 3.63) is 0 Å². The molecule has 1 heterocycles. The third-order valence-corrected chi connectivity index (χ3v) is 3.35. The molecule has 0 atom stereocenters. The van der Waals surface area contributed by atoms with Gasteiger partial charge in [-0.3, -0.25) is 5.21 Å². The summed E-state index contributed by atoms with van der Waals surface area (Å²) < 4.78 is 0. The van der Waals surface area contributed by atoms with Crippen LogP contribution in [0.1, 0.15) is 58.3 Å². The van der Waals surface area contributed by atoms with Crippen LogP contribution in [0.4, 0.5) is 4.79 Å². The zero-order chi connectivity index (χ0) is 12.5. The highest BCUT2D eigenvalue weighted by molar-refractivity contribution is 5.75. The van der Waals surface area contributed by atoms with E-state index in [1.807, 2.05) is 0 Å². The van der Waals surface area contributed by atoms with Crippen molar-refractivity contribution in [3.8, 4) is 0 Å². The van der Waals surface area contributed by atoms with Crippen molar-refractivity contribution < 1.29 is 10.0 Å². The molecular formula is C13H26N2O2. The second-order valence-corrected chi connectivity index (χ2v) is 4.87. The minimum absolute atomic E-state index is 0.229. The van der Waals surface area contributed by atoms with Gasteiger partial charge in [0.1, 0.15) is 0 Å². The fraction of sp³-hybridized carbons (Fsp3) is 0.923. The second-order valence-electron chi connectivity index (χ2n) is 4.87. The van der Waals surface area contributed by atoms with Crippen LogP contribution in [0, 0.1) is 0 Å². The van der Waals surface area contributed by atoms with Crippen molar-refractivity contribution in [1.82, 2.24) is 9.96 Å². The summed E-state index contributed by atoms with van der Waals surface area (Å²) in [5.41, 5.74) is 0. The molecule has 1 N–H and O–H groups in total. The van der Waals surface area contributed by atoms with E-state index in [4.69, 9.17) is 5.21 Å². The van der Waals surface area contributed by atoms with Gasteiger partial charge in [0.25, 0.3) is 0 Å². The fourth-order valence-corrected chi connectivity index (χ4v) is 2.21. The van der Waals surface area contributed by atoms with E-state index in [1.54, 1.807) is 4.90 Å². The van der Waals surface area contributed by atoms with E-state index in [0.29, 0.717) is 13.1 Å². The van der Waals surface area contributed by atoms with E-state index >= 15 is 0 Å². The monoisotopic (exact) mass is 242 g/mol. The van der Waals surface area contributed by atoms with Gasteiger partial charge in [0.15, 0.2) is 0 Å². The molecule has 0 aromatic rings. The lowest BCUT2D eigenvalue weighted by atomic mass is 10.1. The molecule has 17 heavy (non-hydrogen) atoms. The number of unbranched alkanes of at least 4 members (excludes halogenated alkanes) is 7. The van der Waals surface area contributed by atoms with Gasteiger partial charge in [-0.2, -0.15) is 0 Å². The average Bonchev–Trinajstić information content (AvgIpc) is 2.64. The molecule has 4 nitrogen and oxygen atoms in total. The number of hydrogen-bond donors (Lipinski definition) is 1. The zero-order valence-electron chi connectivity index (χ0n) is 11.0. The first kappa shape index (κ1) is 14.3. The predicted molar refractivity (Wildman–Crippen MR) is 68.1 cm³/mol. The lowest BCUT2D eigenvalue weighted by Gasteiger charge is -2.14. The van der Waals surface area contributed by atoms with Crippen molar-refractivity contribution in [1.29, 1.82) is 0 Å². The normalized spacial score (nSPS) is 16.0. The van der Waals surface area contributed by atoms with Gasteiger partial charge in [0.2, 0.25) is 0 Å². The molecule has 1 fully saturated rings. The number of rotatable bonds is 9. The molecular weight excluding hydrogens is 216 g/mol. The number of carbonyl (C=O) groups is 1. The van der Waals surface area contributed by atoms with Crippen LogP contribution in [0.3, 0.4) is 0 Å². The predicted octanol–water partition coefficient (Wildman–Crippen LogP) is 3.25. The third kappa shape index (κ3) is 5.39. The topological polar surface area (TPSA) is 43.8 Å². The highest BCUT2D eigenvalue weighted by atomic mass is 16.5. The number of hydrogen-bond acceptors (Lipinski definition) is 2. The molecule has 100 valence electrons. The lowest BCUT2D eigenvalue weighted by molar-refractivity contribution is -0.0266. The molecule has 1 aliphatic rings. The van der Waals surface area contributed by atoms with Crippen LogP contribution in [0.15, 0.2) is 0 Å². The summed E-state index contributed by atoms with van der Waals surface area (Å²) in [6, 6.07) is -0.229. The first-order chi connectivity index (χ1) is 8.25. The van der Waals surface area contributed by atoms with Gasteiger partial charge >= 0.3 is 6.03 Å². The molecule has 0 radical (unpaired) electrons. The van der Waals surface area contributed by atoms with Crippen molar-refractivity contribution in [2.45, 2.75) is 58.3 Å². The largest absolute Gasteiger partial charge is 0.343 e. The van der Waals surface area contributed by atoms with Gasteiger partial charge in [0, 0.05) is 13.1 Å². The molecule has 0 spiro atoms. The minimum atomic E-state index is -0.229. The molecule has 4 heteroatoms. The Hall–Kier alpha value is -0.770. The summed E-state index contributed by atoms with van der Waals surface area (Å²) in [7, 11) is 0. The third-order valence-electron chi connectivity index (χ3n) is 3.35. The van der Waals surface area contributed by atoms with Gasteiger partial charge in [-0.15, -0.1) is 0 Å². The number of hydroxylamine groups is 2. The van der Waals surface area contributed by atoms with Gasteiger partial charge in [-0.05, 0) is 6.42 Å². The van der Waals surface area contributed by atoms with Crippen LogP contribution < -0.4 is 0 Å². The van der Waals surface area contributed by atoms with Crippen LogP contribution in [0.2, 0.25) is 0 Å². The molecule has 1 rings (SSSR count). The number of carbonyl (C=O) groups excluding carboxylic acids is 1. The summed E-state index contributed by atoms with van der Waals surface area (Å²) in [5, 5.41) is 9.94.